The van der Waals surface area contributed by atoms with Gasteiger partial charge in [-0.15, -0.1) is 0 Å². The Labute approximate surface area is 164 Å². The highest BCUT2D eigenvalue weighted by Gasteiger charge is 2.09. The van der Waals surface area contributed by atoms with Crippen LogP contribution in [-0.4, -0.2) is 37.4 Å². The van der Waals surface area contributed by atoms with Crippen molar-refractivity contribution >= 4 is 29.0 Å². The van der Waals surface area contributed by atoms with Crippen molar-refractivity contribution in [2.24, 2.45) is 0 Å². The van der Waals surface area contributed by atoms with Gasteiger partial charge in [-0.1, -0.05) is 6.07 Å². The lowest BCUT2D eigenvalue weighted by Crippen LogP contribution is -2.39. The molecule has 1 unspecified atom stereocenters. The molecule has 2 N–H and O–H groups in total. The lowest BCUT2D eigenvalue weighted by Gasteiger charge is -2.18. The van der Waals surface area contributed by atoms with Crippen LogP contribution >= 0.6 is 12.2 Å². The molecule has 2 aromatic rings. The number of ether oxygens (including phenoxy) is 3. The number of carbonyl (C=O) groups excluding carboxylic acids is 1. The molecule has 0 spiro atoms. The predicted octanol–water partition coefficient (Wildman–Crippen LogP) is 3.63. The monoisotopic (exact) mass is 388 g/mol. The number of nitrogens with one attached hydrogen (secondary N) is 2. The van der Waals surface area contributed by atoms with Crippen molar-refractivity contribution in [3.8, 4) is 11.5 Å². The number of hydrogen-bond donors (Lipinski definition) is 2. The Bertz CT molecular complexity index is 765. The summed E-state index contributed by atoms with van der Waals surface area (Å²) in [5.41, 5.74) is 1.18. The number of anilines is 1. The van der Waals surface area contributed by atoms with Gasteiger partial charge in [0.15, 0.2) is 5.11 Å². The summed E-state index contributed by atoms with van der Waals surface area (Å²) in [5, 5.41) is 6.66. The fraction of sp³-hybridized carbons (Fsp3) is 0.300. The zero-order chi connectivity index (χ0) is 19.6. The second kappa shape index (κ2) is 10.4. The number of thiocarbonyl (C=S) groups is 1. The Morgan fingerprint density at radius 2 is 1.85 bits per heavy atom. The Kier molecular flexibility index (Phi) is 7.88. The average molecular weight is 388 g/mol. The van der Waals surface area contributed by atoms with Crippen LogP contribution in [0.1, 0.15) is 24.2 Å². The first kappa shape index (κ1) is 20.5. The van der Waals surface area contributed by atoms with Crippen LogP contribution in [0.15, 0.2) is 48.5 Å². The lowest BCUT2D eigenvalue weighted by atomic mass is 10.2. The van der Waals surface area contributed by atoms with Crippen LogP contribution in [0.5, 0.6) is 11.5 Å². The molecule has 0 amide bonds. The van der Waals surface area contributed by atoms with Gasteiger partial charge in [0, 0.05) is 5.69 Å². The number of benzene rings is 2. The summed E-state index contributed by atoms with van der Waals surface area (Å²) in [7, 11) is 1.62. The molecule has 0 aliphatic rings. The zero-order valence-corrected chi connectivity index (χ0v) is 16.5. The third-order valence-corrected chi connectivity index (χ3v) is 3.79. The van der Waals surface area contributed by atoms with Crippen molar-refractivity contribution in [2.45, 2.75) is 19.9 Å². The van der Waals surface area contributed by atoms with Crippen LogP contribution in [0.2, 0.25) is 0 Å². The van der Waals surface area contributed by atoms with Crippen molar-refractivity contribution < 1.29 is 19.0 Å². The summed E-state index contributed by atoms with van der Waals surface area (Å²) in [6.07, 6.45) is 0. The average Bonchev–Trinajstić information content (AvgIpc) is 2.67. The maximum absolute atomic E-state index is 11.8. The normalized spacial score (nSPS) is 11.2. The van der Waals surface area contributed by atoms with Crippen LogP contribution < -0.4 is 20.1 Å². The van der Waals surface area contributed by atoms with E-state index in [-0.39, 0.29) is 12.0 Å². The third-order valence-electron chi connectivity index (χ3n) is 3.57. The summed E-state index contributed by atoms with van der Waals surface area (Å²) >= 11 is 5.33. The summed E-state index contributed by atoms with van der Waals surface area (Å²) in [6, 6.07) is 14.4. The molecule has 0 radical (unpaired) electrons. The quantitative estimate of drug-likeness (QED) is 0.529. The number of esters is 1. The van der Waals surface area contributed by atoms with E-state index in [9.17, 15) is 4.79 Å². The summed E-state index contributed by atoms with van der Waals surface area (Å²) in [4.78, 5) is 11.8. The second-order valence-electron chi connectivity index (χ2n) is 5.79. The second-order valence-corrected chi connectivity index (χ2v) is 6.20. The van der Waals surface area contributed by atoms with Gasteiger partial charge in [0.05, 0.1) is 25.3 Å². The molecule has 0 heterocycles. The minimum atomic E-state index is -0.360. The van der Waals surface area contributed by atoms with Crippen LogP contribution in [-0.2, 0) is 4.74 Å². The van der Waals surface area contributed by atoms with Crippen molar-refractivity contribution in [1.82, 2.24) is 5.32 Å². The molecule has 1 atom stereocenters. The molecule has 0 aliphatic heterocycles. The minimum Gasteiger partial charge on any atom is -0.497 e. The molecule has 0 fully saturated rings. The van der Waals surface area contributed by atoms with Crippen molar-refractivity contribution in [3.05, 3.63) is 54.1 Å². The van der Waals surface area contributed by atoms with Gasteiger partial charge < -0.3 is 24.8 Å². The molecule has 0 aromatic heterocycles. The molecule has 7 heteroatoms. The number of rotatable bonds is 8. The first-order valence-electron chi connectivity index (χ1n) is 8.63. The van der Waals surface area contributed by atoms with Crippen LogP contribution in [0.4, 0.5) is 5.69 Å². The van der Waals surface area contributed by atoms with Crippen LogP contribution in [0.25, 0.3) is 0 Å². The highest BCUT2D eigenvalue weighted by molar-refractivity contribution is 7.80. The van der Waals surface area contributed by atoms with Gasteiger partial charge in [-0.3, -0.25) is 0 Å². The SMILES string of the molecule is CCOC(=O)c1cccc(NC(=S)NC(C)COc2ccc(OC)cc2)c1. The van der Waals surface area contributed by atoms with Gasteiger partial charge in [0.1, 0.15) is 18.1 Å². The van der Waals surface area contributed by atoms with Crippen molar-refractivity contribution in [2.75, 3.05) is 25.6 Å². The van der Waals surface area contributed by atoms with Gasteiger partial charge in [-0.25, -0.2) is 4.79 Å². The zero-order valence-electron chi connectivity index (χ0n) is 15.7. The van der Waals surface area contributed by atoms with E-state index in [1.54, 1.807) is 32.2 Å². The molecule has 27 heavy (non-hydrogen) atoms. The Hall–Kier alpha value is -2.80. The molecule has 6 nitrogen and oxygen atoms in total. The van der Waals surface area contributed by atoms with E-state index in [0.717, 1.165) is 11.5 Å². The number of carbonyl (C=O) groups is 1. The molecule has 2 aromatic carbocycles. The lowest BCUT2D eigenvalue weighted by molar-refractivity contribution is 0.0526. The van der Waals surface area contributed by atoms with Gasteiger partial charge >= 0.3 is 5.97 Å². The number of methoxy groups -OCH3 is 1. The maximum atomic E-state index is 11.8. The standard InChI is InChI=1S/C20H24N2O4S/c1-4-25-19(23)15-6-5-7-16(12-15)22-20(27)21-14(2)13-26-18-10-8-17(24-3)9-11-18/h5-12,14H,4,13H2,1-3H3,(H2,21,22,27). The van der Waals surface area contributed by atoms with E-state index in [2.05, 4.69) is 10.6 Å². The topological polar surface area (TPSA) is 68.8 Å². The fourth-order valence-corrected chi connectivity index (χ4v) is 2.58. The molecule has 0 saturated carbocycles. The van der Waals surface area contributed by atoms with Crippen LogP contribution in [0.3, 0.4) is 0 Å². The Morgan fingerprint density at radius 1 is 1.15 bits per heavy atom. The summed E-state index contributed by atoms with van der Waals surface area (Å²) < 4.78 is 15.8. The molecule has 2 rings (SSSR count). The van der Waals surface area contributed by atoms with Gasteiger partial charge in [0.25, 0.3) is 0 Å². The molecule has 0 bridgehead atoms. The first-order valence-corrected chi connectivity index (χ1v) is 9.04. The Balaban J connectivity index is 1.82. The molecular formula is C20H24N2O4S. The van der Waals surface area contributed by atoms with E-state index in [4.69, 9.17) is 26.4 Å². The molecular weight excluding hydrogens is 364 g/mol. The van der Waals surface area contributed by atoms with Gasteiger partial charge in [0.2, 0.25) is 0 Å². The molecule has 0 aliphatic carbocycles. The van der Waals surface area contributed by atoms with E-state index >= 15 is 0 Å². The third kappa shape index (κ3) is 6.79. The Morgan fingerprint density at radius 3 is 2.52 bits per heavy atom. The largest absolute Gasteiger partial charge is 0.497 e. The van der Waals surface area contributed by atoms with Gasteiger partial charge in [-0.2, -0.15) is 0 Å². The smallest absolute Gasteiger partial charge is 0.338 e. The highest BCUT2D eigenvalue weighted by atomic mass is 32.1. The van der Waals surface area contributed by atoms with Crippen molar-refractivity contribution in [1.29, 1.82) is 0 Å². The van der Waals surface area contributed by atoms with Crippen molar-refractivity contribution in [3.63, 3.8) is 0 Å². The van der Waals surface area contributed by atoms with E-state index in [1.165, 1.54) is 0 Å². The fourth-order valence-electron chi connectivity index (χ4n) is 2.26. The molecule has 0 saturated heterocycles. The maximum Gasteiger partial charge on any atom is 0.338 e. The number of hydrogen-bond acceptors (Lipinski definition) is 5. The predicted molar refractivity (Wildman–Crippen MR) is 110 cm³/mol. The van der Waals surface area contributed by atoms with E-state index in [0.29, 0.717) is 29.6 Å². The highest BCUT2D eigenvalue weighted by Crippen LogP contribution is 2.17. The molecule has 144 valence electrons. The minimum absolute atomic E-state index is 0.0136. The first-order chi connectivity index (χ1) is 13.0. The van der Waals surface area contributed by atoms with Crippen LogP contribution in [0, 0.1) is 0 Å². The van der Waals surface area contributed by atoms with E-state index in [1.807, 2.05) is 37.3 Å². The summed E-state index contributed by atoms with van der Waals surface area (Å²) in [5.74, 6) is 1.18. The summed E-state index contributed by atoms with van der Waals surface area (Å²) in [6.45, 7) is 4.51. The van der Waals surface area contributed by atoms with E-state index < -0.39 is 0 Å². The van der Waals surface area contributed by atoms with Gasteiger partial charge in [-0.05, 0) is 68.5 Å².